The fourth-order valence-electron chi connectivity index (χ4n) is 0.957. The highest BCUT2D eigenvalue weighted by Crippen LogP contribution is 2.60. The van der Waals surface area contributed by atoms with Crippen molar-refractivity contribution in [3.05, 3.63) is 12.0 Å². The van der Waals surface area contributed by atoms with Gasteiger partial charge in [0.2, 0.25) is 5.88 Å². The number of hydrogen-bond donors (Lipinski definition) is 1. The first kappa shape index (κ1) is 17.8. The molecule has 5 nitrogen and oxygen atoms in total. The molecule has 0 aromatic rings. The van der Waals surface area contributed by atoms with Crippen molar-refractivity contribution in [2.24, 2.45) is 0 Å². The van der Waals surface area contributed by atoms with Gasteiger partial charge in [0.15, 0.2) is 0 Å². The predicted octanol–water partition coefficient (Wildman–Crippen LogP) is 4.08. The zero-order valence-electron chi connectivity index (χ0n) is 11.8. The van der Waals surface area contributed by atoms with Crippen LogP contribution >= 0.6 is 18.2 Å². The van der Waals surface area contributed by atoms with Gasteiger partial charge in [-0.2, -0.15) is 4.62 Å². The number of hydrogen-bond acceptors (Lipinski definition) is 6. The molecule has 0 heterocycles. The summed E-state index contributed by atoms with van der Waals surface area (Å²) in [6.07, 6.45) is 2.63. The third-order valence-corrected chi connectivity index (χ3v) is 5.46. The van der Waals surface area contributed by atoms with Crippen molar-refractivity contribution in [3.63, 3.8) is 0 Å². The molecule has 0 aliphatic rings. The van der Waals surface area contributed by atoms with Crippen molar-refractivity contribution in [2.75, 3.05) is 12.4 Å². The first-order valence-electron chi connectivity index (χ1n) is 6.14. The van der Waals surface area contributed by atoms with Crippen LogP contribution in [0, 0.1) is 0 Å². The van der Waals surface area contributed by atoms with Gasteiger partial charge in [0.05, 0.1) is 12.7 Å². The second-order valence-corrected chi connectivity index (χ2v) is 7.83. The molecule has 108 valence electrons. The largest absolute Gasteiger partial charge is 0.475 e. The van der Waals surface area contributed by atoms with Crippen LogP contribution in [0.3, 0.4) is 0 Å². The molecule has 0 amide bonds. The quantitative estimate of drug-likeness (QED) is 0.372. The van der Waals surface area contributed by atoms with Crippen LogP contribution in [0.25, 0.3) is 0 Å². The van der Waals surface area contributed by atoms with E-state index < -0.39 is 6.80 Å². The average Bonchev–Trinajstić information content (AvgIpc) is 2.32. The van der Waals surface area contributed by atoms with Crippen molar-refractivity contribution in [3.8, 4) is 0 Å². The predicted molar refractivity (Wildman–Crippen MR) is 76.2 cm³/mol. The highest BCUT2D eigenvalue weighted by Gasteiger charge is 2.26. The molecule has 0 aromatic carbocycles. The van der Waals surface area contributed by atoms with Crippen LogP contribution < -0.4 is 5.48 Å². The third-order valence-electron chi connectivity index (χ3n) is 1.62. The maximum Gasteiger partial charge on any atom is 0.410 e. The Labute approximate surface area is 114 Å². The van der Waals surface area contributed by atoms with Crippen LogP contribution in [-0.4, -0.2) is 18.5 Å². The molecule has 0 radical (unpaired) electrons. The van der Waals surface area contributed by atoms with Crippen LogP contribution in [0.2, 0.25) is 0 Å². The Morgan fingerprint density at radius 1 is 1.44 bits per heavy atom. The van der Waals surface area contributed by atoms with Crippen molar-refractivity contribution in [1.29, 1.82) is 0 Å². The summed E-state index contributed by atoms with van der Waals surface area (Å²) in [7, 11) is 0. The molecule has 1 unspecified atom stereocenters. The van der Waals surface area contributed by atoms with E-state index in [1.165, 1.54) is 11.4 Å². The summed E-state index contributed by atoms with van der Waals surface area (Å²) in [6, 6.07) is 0. The lowest BCUT2D eigenvalue weighted by Crippen LogP contribution is -2.18. The molecule has 1 atom stereocenters. The van der Waals surface area contributed by atoms with Gasteiger partial charge in [-0.3, -0.25) is 4.52 Å². The van der Waals surface area contributed by atoms with Gasteiger partial charge in [-0.1, -0.05) is 6.92 Å². The molecule has 0 rings (SSSR count). The second-order valence-electron chi connectivity index (χ2n) is 3.71. The Bertz CT molecular complexity index is 297. The van der Waals surface area contributed by atoms with E-state index in [1.807, 2.05) is 20.8 Å². The molecule has 1 N–H and O–H groups in total. The first-order valence-corrected chi connectivity index (χ1v) is 9.27. The van der Waals surface area contributed by atoms with E-state index in [4.69, 9.17) is 13.9 Å². The number of hydroxylamine groups is 1. The first-order chi connectivity index (χ1) is 8.47. The van der Waals surface area contributed by atoms with E-state index in [9.17, 15) is 4.57 Å². The Kier molecular flexibility index (Phi) is 9.64. The lowest BCUT2D eigenvalue weighted by atomic mass is 10.5. The number of nitrogens with one attached hydrogen (secondary N) is 1. The molecule has 0 fully saturated rings. The lowest BCUT2D eigenvalue weighted by Gasteiger charge is -2.19. The molecule has 0 bridgehead atoms. The molecular weight excluding hydrogens is 273 g/mol. The standard InChI is InChI=1S/C11H24NO4PS/c1-6-9-18-17(13,14-8-3)16-12-11(7-2)15-10(4)5/h7,10,12H,6,8-9H2,1-5H3. The summed E-state index contributed by atoms with van der Waals surface area (Å²) >= 11 is 1.19. The molecule has 0 aromatic heterocycles. The summed E-state index contributed by atoms with van der Waals surface area (Å²) in [6.45, 7) is 6.58. The van der Waals surface area contributed by atoms with E-state index in [2.05, 4.69) is 5.48 Å². The van der Waals surface area contributed by atoms with Gasteiger partial charge in [0.25, 0.3) is 0 Å². The Hall–Kier alpha value is -0.160. The van der Waals surface area contributed by atoms with Crippen molar-refractivity contribution >= 4 is 18.2 Å². The summed E-state index contributed by atoms with van der Waals surface area (Å²) in [5.41, 5.74) is 2.57. The maximum absolute atomic E-state index is 12.3. The SMILES string of the molecule is CC=C(NOP(=O)(OCC)SCCC)OC(C)C. The smallest absolute Gasteiger partial charge is 0.410 e. The van der Waals surface area contributed by atoms with Gasteiger partial charge in [0, 0.05) is 5.75 Å². The number of rotatable bonds is 10. The van der Waals surface area contributed by atoms with Crippen LogP contribution in [0.4, 0.5) is 0 Å². The summed E-state index contributed by atoms with van der Waals surface area (Å²) < 4.78 is 28.0. The van der Waals surface area contributed by atoms with E-state index >= 15 is 0 Å². The molecule has 0 saturated carbocycles. The zero-order valence-corrected chi connectivity index (χ0v) is 13.5. The van der Waals surface area contributed by atoms with Gasteiger partial charge < -0.3 is 4.74 Å². The van der Waals surface area contributed by atoms with Crippen LogP contribution in [0.15, 0.2) is 12.0 Å². The van der Waals surface area contributed by atoms with Gasteiger partial charge in [0.1, 0.15) is 0 Å². The van der Waals surface area contributed by atoms with E-state index in [0.717, 1.165) is 12.2 Å². The maximum atomic E-state index is 12.3. The van der Waals surface area contributed by atoms with E-state index in [-0.39, 0.29) is 6.10 Å². The molecule has 0 aliphatic carbocycles. The summed E-state index contributed by atoms with van der Waals surface area (Å²) in [4.78, 5) is 0. The van der Waals surface area contributed by atoms with Gasteiger partial charge in [-0.25, -0.2) is 10.0 Å². The minimum Gasteiger partial charge on any atom is -0.475 e. The Morgan fingerprint density at radius 2 is 2.11 bits per heavy atom. The van der Waals surface area contributed by atoms with Crippen molar-refractivity contribution in [1.82, 2.24) is 5.48 Å². The average molecular weight is 297 g/mol. The van der Waals surface area contributed by atoms with Crippen LogP contribution in [0.5, 0.6) is 0 Å². The van der Waals surface area contributed by atoms with Crippen molar-refractivity contribution < 1.29 is 18.5 Å². The summed E-state index contributed by atoms with van der Waals surface area (Å²) in [5.74, 6) is 1.15. The van der Waals surface area contributed by atoms with Crippen LogP contribution in [-0.2, 0) is 18.5 Å². The van der Waals surface area contributed by atoms with Crippen LogP contribution in [0.1, 0.15) is 41.0 Å². The zero-order chi connectivity index (χ0) is 14.0. The van der Waals surface area contributed by atoms with Gasteiger partial charge >= 0.3 is 6.80 Å². The molecule has 7 heteroatoms. The van der Waals surface area contributed by atoms with Gasteiger partial charge in [-0.05, 0) is 51.6 Å². The van der Waals surface area contributed by atoms with Gasteiger partial charge in [-0.15, -0.1) is 0 Å². The van der Waals surface area contributed by atoms with E-state index in [0.29, 0.717) is 12.5 Å². The van der Waals surface area contributed by atoms with Crippen molar-refractivity contribution in [2.45, 2.75) is 47.1 Å². The molecular formula is C11H24NO4PS. The highest BCUT2D eigenvalue weighted by molar-refractivity contribution is 8.55. The minimum atomic E-state index is -3.16. The highest BCUT2D eigenvalue weighted by atomic mass is 32.7. The second kappa shape index (κ2) is 9.73. The third kappa shape index (κ3) is 8.03. The van der Waals surface area contributed by atoms with E-state index in [1.54, 1.807) is 19.9 Å². The normalized spacial score (nSPS) is 15.6. The Balaban J connectivity index is 4.36. The molecule has 0 aliphatic heterocycles. The fourth-order valence-corrected chi connectivity index (χ4v) is 4.09. The monoisotopic (exact) mass is 297 g/mol. The lowest BCUT2D eigenvalue weighted by molar-refractivity contribution is 0.0644. The molecule has 0 saturated heterocycles. The topological polar surface area (TPSA) is 56.8 Å². The number of allylic oxidation sites excluding steroid dienone is 1. The summed E-state index contributed by atoms with van der Waals surface area (Å²) in [5, 5.41) is 0. The molecule has 18 heavy (non-hydrogen) atoms. The molecule has 0 spiro atoms. The minimum absolute atomic E-state index is 0.0158. The fraction of sp³-hybridized carbons (Fsp3) is 0.818. The number of ether oxygens (including phenoxy) is 1. The Morgan fingerprint density at radius 3 is 2.56 bits per heavy atom.